The predicted octanol–water partition coefficient (Wildman–Crippen LogP) is 2.68. The van der Waals surface area contributed by atoms with Crippen LogP contribution in [0.5, 0.6) is 0 Å². The highest BCUT2D eigenvalue weighted by Crippen LogP contribution is 2.29. The first kappa shape index (κ1) is 15.8. The van der Waals surface area contributed by atoms with Crippen LogP contribution < -0.4 is 10.6 Å². The highest BCUT2D eigenvalue weighted by molar-refractivity contribution is 6.29. The van der Waals surface area contributed by atoms with Gasteiger partial charge in [-0.2, -0.15) is 4.98 Å². The molecule has 0 spiro atoms. The summed E-state index contributed by atoms with van der Waals surface area (Å²) in [4.78, 5) is 29.6. The van der Waals surface area contributed by atoms with E-state index in [0.29, 0.717) is 12.4 Å². The van der Waals surface area contributed by atoms with Gasteiger partial charge in [0.25, 0.3) is 0 Å². The van der Waals surface area contributed by atoms with Gasteiger partial charge in [0.1, 0.15) is 16.6 Å². The maximum Gasteiger partial charge on any atom is 0.416 e. The molecule has 0 aromatic carbocycles. The summed E-state index contributed by atoms with van der Waals surface area (Å²) in [6.07, 6.45) is -0.489. The SMILES string of the molecule is CC1[C@H](C)Cn2c(cc(Cl)nc2=O)N1C(=O)OC(C)(C)C. The van der Waals surface area contributed by atoms with E-state index >= 15 is 0 Å². The summed E-state index contributed by atoms with van der Waals surface area (Å²) in [6.45, 7) is 9.81. The summed E-state index contributed by atoms with van der Waals surface area (Å²) in [5, 5.41) is 0.0709. The minimum absolute atomic E-state index is 0.0709. The number of ether oxygens (including phenoxy) is 1. The molecular formula is C14H20ClN3O3. The standard InChI is InChI=1S/C14H20ClN3O3/c1-8-7-17-11(6-10(15)16-12(17)19)18(9(8)2)13(20)21-14(3,4)5/h6,8-9H,7H2,1-5H3/t8-,9?/m1/s1. The summed E-state index contributed by atoms with van der Waals surface area (Å²) in [7, 11) is 0. The fraction of sp³-hybridized carbons (Fsp3) is 0.643. The maximum absolute atomic E-state index is 12.5. The molecule has 1 aliphatic rings. The number of hydrogen-bond donors (Lipinski definition) is 0. The van der Waals surface area contributed by atoms with E-state index in [0.717, 1.165) is 0 Å². The van der Waals surface area contributed by atoms with E-state index in [1.54, 1.807) is 20.8 Å². The number of aromatic nitrogens is 2. The van der Waals surface area contributed by atoms with Crippen LogP contribution in [0.25, 0.3) is 0 Å². The number of halogens is 1. The van der Waals surface area contributed by atoms with Crippen molar-refractivity contribution in [2.75, 3.05) is 4.90 Å². The Labute approximate surface area is 128 Å². The molecule has 0 radical (unpaired) electrons. The number of carbonyl (C=O) groups excluding carboxylic acids is 1. The number of hydrogen-bond acceptors (Lipinski definition) is 4. The Balaban J connectivity index is 2.51. The van der Waals surface area contributed by atoms with E-state index < -0.39 is 17.4 Å². The van der Waals surface area contributed by atoms with Crippen molar-refractivity contribution in [2.45, 2.75) is 52.8 Å². The largest absolute Gasteiger partial charge is 0.443 e. The number of fused-ring (bicyclic) bond motifs is 1. The Morgan fingerprint density at radius 2 is 2.05 bits per heavy atom. The average Bonchev–Trinajstić information content (AvgIpc) is 2.29. The van der Waals surface area contributed by atoms with Crippen LogP contribution >= 0.6 is 11.6 Å². The summed E-state index contributed by atoms with van der Waals surface area (Å²) < 4.78 is 6.90. The number of amides is 1. The van der Waals surface area contributed by atoms with Gasteiger partial charge in [0.15, 0.2) is 0 Å². The van der Waals surface area contributed by atoms with Crippen molar-refractivity contribution in [2.24, 2.45) is 5.92 Å². The number of anilines is 1. The molecule has 1 unspecified atom stereocenters. The Kier molecular flexibility index (Phi) is 4.02. The van der Waals surface area contributed by atoms with Crippen LogP contribution in [0.3, 0.4) is 0 Å². The molecule has 0 fully saturated rings. The average molecular weight is 314 g/mol. The van der Waals surface area contributed by atoms with Gasteiger partial charge in [-0.05, 0) is 33.6 Å². The summed E-state index contributed by atoms with van der Waals surface area (Å²) >= 11 is 5.87. The lowest BCUT2D eigenvalue weighted by Gasteiger charge is -2.39. The zero-order valence-corrected chi connectivity index (χ0v) is 13.6. The van der Waals surface area contributed by atoms with Crippen LogP contribution in [0.4, 0.5) is 10.6 Å². The van der Waals surface area contributed by atoms with Crippen LogP contribution in [-0.4, -0.2) is 27.3 Å². The Morgan fingerprint density at radius 3 is 2.62 bits per heavy atom. The van der Waals surface area contributed by atoms with E-state index in [1.165, 1.54) is 15.5 Å². The number of nitrogens with zero attached hydrogens (tertiary/aromatic N) is 3. The summed E-state index contributed by atoms with van der Waals surface area (Å²) in [6, 6.07) is 1.42. The molecule has 21 heavy (non-hydrogen) atoms. The van der Waals surface area contributed by atoms with Crippen LogP contribution in [0.15, 0.2) is 10.9 Å². The quantitative estimate of drug-likeness (QED) is 0.691. The molecule has 1 amide bonds. The van der Waals surface area contributed by atoms with E-state index in [-0.39, 0.29) is 17.1 Å². The fourth-order valence-electron chi connectivity index (χ4n) is 2.31. The van der Waals surface area contributed by atoms with Gasteiger partial charge in [-0.1, -0.05) is 18.5 Å². The van der Waals surface area contributed by atoms with E-state index in [1.807, 2.05) is 13.8 Å². The van der Waals surface area contributed by atoms with Crippen molar-refractivity contribution < 1.29 is 9.53 Å². The van der Waals surface area contributed by atoms with Gasteiger partial charge in [0.05, 0.1) is 0 Å². The van der Waals surface area contributed by atoms with Crippen molar-refractivity contribution in [3.63, 3.8) is 0 Å². The highest BCUT2D eigenvalue weighted by atomic mass is 35.5. The Bertz CT molecular complexity index is 621. The van der Waals surface area contributed by atoms with Crippen molar-refractivity contribution in [3.8, 4) is 0 Å². The highest BCUT2D eigenvalue weighted by Gasteiger charge is 2.36. The molecule has 116 valence electrons. The zero-order chi connectivity index (χ0) is 15.9. The molecule has 0 aliphatic carbocycles. The third-order valence-corrected chi connectivity index (χ3v) is 3.69. The smallest absolute Gasteiger partial charge is 0.416 e. The van der Waals surface area contributed by atoms with Crippen LogP contribution in [-0.2, 0) is 11.3 Å². The molecule has 1 aliphatic heterocycles. The summed E-state index contributed by atoms with van der Waals surface area (Å²) in [5.41, 5.74) is -1.07. The molecule has 0 saturated heterocycles. The van der Waals surface area contributed by atoms with Crippen molar-refractivity contribution in [1.82, 2.24) is 9.55 Å². The van der Waals surface area contributed by atoms with Gasteiger partial charge in [-0.15, -0.1) is 0 Å². The molecule has 1 aromatic heterocycles. The van der Waals surface area contributed by atoms with Crippen molar-refractivity contribution in [3.05, 3.63) is 21.7 Å². The van der Waals surface area contributed by atoms with Crippen LogP contribution in [0.1, 0.15) is 34.6 Å². The van der Waals surface area contributed by atoms with Crippen molar-refractivity contribution in [1.29, 1.82) is 0 Å². The molecule has 0 N–H and O–H groups in total. The maximum atomic E-state index is 12.5. The minimum Gasteiger partial charge on any atom is -0.443 e. The Morgan fingerprint density at radius 1 is 1.43 bits per heavy atom. The minimum atomic E-state index is -0.612. The Hall–Kier alpha value is -1.56. The fourth-order valence-corrected chi connectivity index (χ4v) is 2.48. The third kappa shape index (κ3) is 3.20. The van der Waals surface area contributed by atoms with Gasteiger partial charge in [0, 0.05) is 18.7 Å². The van der Waals surface area contributed by atoms with Crippen LogP contribution in [0, 0.1) is 5.92 Å². The first-order valence-corrected chi connectivity index (χ1v) is 7.27. The van der Waals surface area contributed by atoms with Crippen molar-refractivity contribution >= 4 is 23.5 Å². The van der Waals surface area contributed by atoms with E-state index in [9.17, 15) is 9.59 Å². The summed E-state index contributed by atoms with van der Waals surface area (Å²) in [5.74, 6) is 0.533. The lowest BCUT2D eigenvalue weighted by Crippen LogP contribution is -2.52. The second-order valence-corrected chi connectivity index (χ2v) is 6.79. The van der Waals surface area contributed by atoms with Crippen LogP contribution in [0.2, 0.25) is 5.15 Å². The predicted molar refractivity (Wildman–Crippen MR) is 80.8 cm³/mol. The first-order valence-electron chi connectivity index (χ1n) is 6.90. The van der Waals surface area contributed by atoms with E-state index in [4.69, 9.17) is 16.3 Å². The molecule has 7 heteroatoms. The second-order valence-electron chi connectivity index (χ2n) is 6.40. The van der Waals surface area contributed by atoms with Gasteiger partial charge < -0.3 is 4.74 Å². The molecule has 2 heterocycles. The topological polar surface area (TPSA) is 64.4 Å². The first-order chi connectivity index (χ1) is 9.60. The molecule has 0 saturated carbocycles. The third-order valence-electron chi connectivity index (χ3n) is 3.50. The molecular weight excluding hydrogens is 294 g/mol. The second kappa shape index (κ2) is 5.33. The van der Waals surface area contributed by atoms with E-state index in [2.05, 4.69) is 4.98 Å². The molecule has 2 rings (SSSR count). The zero-order valence-electron chi connectivity index (χ0n) is 12.9. The molecule has 6 nitrogen and oxygen atoms in total. The monoisotopic (exact) mass is 313 g/mol. The molecule has 2 atom stereocenters. The lowest BCUT2D eigenvalue weighted by molar-refractivity contribution is 0.0544. The lowest BCUT2D eigenvalue weighted by atomic mass is 10.00. The van der Waals surface area contributed by atoms with Gasteiger partial charge >= 0.3 is 11.8 Å². The molecule has 0 bridgehead atoms. The molecule has 1 aromatic rings. The number of carbonyl (C=O) groups is 1. The van der Waals surface area contributed by atoms with Gasteiger partial charge in [0.2, 0.25) is 0 Å². The normalized spacial score (nSPS) is 21.9. The van der Waals surface area contributed by atoms with Gasteiger partial charge in [-0.3, -0.25) is 9.47 Å². The number of rotatable bonds is 0. The van der Waals surface area contributed by atoms with Gasteiger partial charge in [-0.25, -0.2) is 9.59 Å².